The third-order valence-electron chi connectivity index (χ3n) is 4.04. The van der Waals surface area contributed by atoms with Gasteiger partial charge >= 0.3 is 0 Å². The van der Waals surface area contributed by atoms with Gasteiger partial charge in [0, 0.05) is 13.0 Å². The Morgan fingerprint density at radius 2 is 2.04 bits per heavy atom. The summed E-state index contributed by atoms with van der Waals surface area (Å²) < 4.78 is 1.67. The topological polar surface area (TPSA) is 75.4 Å². The van der Waals surface area contributed by atoms with Gasteiger partial charge in [0.25, 0.3) is 0 Å². The number of carbonyl (C=O) groups excluding carboxylic acids is 1. The summed E-state index contributed by atoms with van der Waals surface area (Å²) in [6.45, 7) is 2.39. The molecule has 122 valence electrons. The van der Waals surface area contributed by atoms with Crippen LogP contribution >= 0.6 is 11.6 Å². The number of carbonyl (C=O) groups is 1. The number of nitrogens with one attached hydrogen (secondary N) is 1. The van der Waals surface area contributed by atoms with E-state index in [9.17, 15) is 4.79 Å². The van der Waals surface area contributed by atoms with E-state index in [2.05, 4.69) is 20.6 Å². The van der Waals surface area contributed by atoms with Crippen LogP contribution in [0.25, 0.3) is 5.65 Å². The van der Waals surface area contributed by atoms with Crippen molar-refractivity contribution < 1.29 is 4.79 Å². The van der Waals surface area contributed by atoms with Crippen LogP contribution in [0, 0.1) is 6.92 Å². The highest BCUT2D eigenvalue weighted by molar-refractivity contribution is 6.33. The summed E-state index contributed by atoms with van der Waals surface area (Å²) in [4.78, 5) is 14.0. The summed E-state index contributed by atoms with van der Waals surface area (Å²) in [6, 6.07) is 11.0. The number of anilines is 2. The Morgan fingerprint density at radius 3 is 2.88 bits per heavy atom. The summed E-state index contributed by atoms with van der Waals surface area (Å²) in [6.07, 6.45) is 0.395. The second kappa shape index (κ2) is 5.76. The number of aryl methyl sites for hydroxylation is 1. The van der Waals surface area contributed by atoms with E-state index in [1.165, 1.54) is 0 Å². The first-order chi connectivity index (χ1) is 11.6. The van der Waals surface area contributed by atoms with Gasteiger partial charge in [-0.15, -0.1) is 15.3 Å². The molecule has 1 amide bonds. The second-order valence-electron chi connectivity index (χ2n) is 5.74. The molecule has 24 heavy (non-hydrogen) atoms. The van der Waals surface area contributed by atoms with Crippen molar-refractivity contribution in [2.45, 2.75) is 19.4 Å². The molecule has 1 saturated heterocycles. The predicted molar refractivity (Wildman–Crippen MR) is 91.4 cm³/mol. The Labute approximate surface area is 143 Å². The lowest BCUT2D eigenvalue weighted by Gasteiger charge is -2.18. The van der Waals surface area contributed by atoms with Gasteiger partial charge in [0.2, 0.25) is 5.91 Å². The van der Waals surface area contributed by atoms with Crippen molar-refractivity contribution in [3.63, 3.8) is 0 Å². The number of halogens is 1. The number of hydrogen-bond acceptors (Lipinski definition) is 5. The molecule has 2 aromatic heterocycles. The third kappa shape index (κ3) is 2.56. The molecule has 0 bridgehead atoms. The van der Waals surface area contributed by atoms with Crippen molar-refractivity contribution in [2.75, 3.05) is 16.8 Å². The molecule has 1 aliphatic rings. The Kier molecular flexibility index (Phi) is 3.57. The number of benzene rings is 1. The monoisotopic (exact) mass is 342 g/mol. The molecule has 7 nitrogen and oxygen atoms in total. The van der Waals surface area contributed by atoms with Crippen LogP contribution < -0.4 is 10.2 Å². The highest BCUT2D eigenvalue weighted by Gasteiger charge is 2.31. The summed E-state index contributed by atoms with van der Waals surface area (Å²) in [5, 5.41) is 16.3. The first-order valence-electron chi connectivity index (χ1n) is 7.62. The van der Waals surface area contributed by atoms with Crippen molar-refractivity contribution in [3.05, 3.63) is 47.2 Å². The molecule has 1 N–H and O–H groups in total. The van der Waals surface area contributed by atoms with Gasteiger partial charge in [-0.1, -0.05) is 23.7 Å². The van der Waals surface area contributed by atoms with Gasteiger partial charge in [-0.05, 0) is 31.2 Å². The summed E-state index contributed by atoms with van der Waals surface area (Å²) >= 11 is 6.20. The van der Waals surface area contributed by atoms with E-state index in [1.54, 1.807) is 15.5 Å². The van der Waals surface area contributed by atoms with E-state index < -0.39 is 0 Å². The smallest absolute Gasteiger partial charge is 0.229 e. The van der Waals surface area contributed by atoms with Gasteiger partial charge in [0.05, 0.1) is 16.8 Å². The van der Waals surface area contributed by atoms with Crippen molar-refractivity contribution in [1.82, 2.24) is 19.8 Å². The number of hydrogen-bond donors (Lipinski definition) is 1. The van der Waals surface area contributed by atoms with Crippen LogP contribution in [0.5, 0.6) is 0 Å². The fourth-order valence-corrected chi connectivity index (χ4v) is 3.13. The van der Waals surface area contributed by atoms with Crippen molar-refractivity contribution in [3.8, 4) is 0 Å². The van der Waals surface area contributed by atoms with Gasteiger partial charge in [-0.2, -0.15) is 4.52 Å². The fraction of sp³-hybridized carbons (Fsp3) is 0.250. The molecule has 0 spiro atoms. The van der Waals surface area contributed by atoms with Gasteiger partial charge in [-0.25, -0.2) is 0 Å². The Hall–Kier alpha value is -2.67. The molecule has 1 atom stereocenters. The maximum atomic E-state index is 12.3. The number of aromatic nitrogens is 4. The summed E-state index contributed by atoms with van der Waals surface area (Å²) in [5.41, 5.74) is 1.43. The zero-order chi connectivity index (χ0) is 16.7. The number of para-hydroxylation sites is 1. The van der Waals surface area contributed by atoms with E-state index in [0.29, 0.717) is 35.3 Å². The molecule has 1 aliphatic heterocycles. The fourth-order valence-electron chi connectivity index (χ4n) is 2.89. The lowest BCUT2D eigenvalue weighted by molar-refractivity contribution is -0.117. The molecule has 3 heterocycles. The number of fused-ring (bicyclic) bond motifs is 1. The van der Waals surface area contributed by atoms with Crippen LogP contribution in [0.4, 0.5) is 11.5 Å². The number of amides is 1. The van der Waals surface area contributed by atoms with Gasteiger partial charge < -0.3 is 10.2 Å². The van der Waals surface area contributed by atoms with Crippen LogP contribution in [0.15, 0.2) is 36.4 Å². The molecule has 1 fully saturated rings. The standard InChI is InChI=1S/C16H15ClN6O/c1-10-19-20-15-7-6-14(21-23(10)15)18-11-8-16(24)22(9-11)13-5-3-2-4-12(13)17/h2-7,11H,8-9H2,1H3,(H,18,21). The van der Waals surface area contributed by atoms with E-state index in [1.807, 2.05) is 37.3 Å². The predicted octanol–water partition coefficient (Wildman–Crippen LogP) is 2.30. The van der Waals surface area contributed by atoms with Crippen molar-refractivity contribution >= 4 is 34.7 Å². The normalized spacial score (nSPS) is 17.7. The van der Waals surface area contributed by atoms with Gasteiger partial charge in [-0.3, -0.25) is 4.79 Å². The summed E-state index contributed by atoms with van der Waals surface area (Å²) in [7, 11) is 0. The minimum absolute atomic E-state index is 0.0319. The molecule has 1 unspecified atom stereocenters. The first-order valence-corrected chi connectivity index (χ1v) is 8.00. The Balaban J connectivity index is 1.54. The minimum Gasteiger partial charge on any atom is -0.364 e. The molecule has 0 saturated carbocycles. The average Bonchev–Trinajstić information content (AvgIpc) is 3.11. The SMILES string of the molecule is Cc1nnc2ccc(NC3CC(=O)N(c4ccccc4Cl)C3)nn12. The van der Waals surface area contributed by atoms with E-state index >= 15 is 0 Å². The lowest BCUT2D eigenvalue weighted by Crippen LogP contribution is -2.28. The molecule has 0 radical (unpaired) electrons. The lowest BCUT2D eigenvalue weighted by atomic mass is 10.2. The van der Waals surface area contributed by atoms with Crippen LogP contribution in [0.1, 0.15) is 12.2 Å². The van der Waals surface area contributed by atoms with Gasteiger partial charge in [0.15, 0.2) is 11.5 Å². The Bertz CT molecular complexity index is 924. The van der Waals surface area contributed by atoms with E-state index in [4.69, 9.17) is 11.6 Å². The van der Waals surface area contributed by atoms with Crippen LogP contribution in [0.3, 0.4) is 0 Å². The first kappa shape index (κ1) is 14.9. The number of nitrogens with zero attached hydrogens (tertiary/aromatic N) is 5. The second-order valence-corrected chi connectivity index (χ2v) is 6.14. The van der Waals surface area contributed by atoms with Gasteiger partial charge in [0.1, 0.15) is 5.82 Å². The Morgan fingerprint density at radius 1 is 1.21 bits per heavy atom. The zero-order valence-corrected chi connectivity index (χ0v) is 13.7. The molecule has 0 aliphatic carbocycles. The van der Waals surface area contributed by atoms with Crippen LogP contribution in [0.2, 0.25) is 5.02 Å². The molecular formula is C16H15ClN6O. The summed E-state index contributed by atoms with van der Waals surface area (Å²) in [5.74, 6) is 1.44. The van der Waals surface area contributed by atoms with Crippen molar-refractivity contribution in [2.24, 2.45) is 0 Å². The van der Waals surface area contributed by atoms with E-state index in [-0.39, 0.29) is 11.9 Å². The molecular weight excluding hydrogens is 328 g/mol. The minimum atomic E-state index is -0.0319. The third-order valence-corrected chi connectivity index (χ3v) is 4.36. The van der Waals surface area contributed by atoms with Crippen molar-refractivity contribution in [1.29, 1.82) is 0 Å². The average molecular weight is 343 g/mol. The molecule has 4 rings (SSSR count). The maximum absolute atomic E-state index is 12.3. The van der Waals surface area contributed by atoms with Crippen LogP contribution in [-0.4, -0.2) is 38.3 Å². The quantitative estimate of drug-likeness (QED) is 0.790. The van der Waals surface area contributed by atoms with E-state index in [0.717, 1.165) is 5.69 Å². The maximum Gasteiger partial charge on any atom is 0.229 e. The molecule has 1 aromatic carbocycles. The highest BCUT2D eigenvalue weighted by Crippen LogP contribution is 2.29. The van der Waals surface area contributed by atoms with Crippen LogP contribution in [-0.2, 0) is 4.79 Å². The number of rotatable bonds is 3. The molecule has 8 heteroatoms. The largest absolute Gasteiger partial charge is 0.364 e. The molecule has 3 aromatic rings. The zero-order valence-electron chi connectivity index (χ0n) is 13.0. The highest BCUT2D eigenvalue weighted by atomic mass is 35.5.